The van der Waals surface area contributed by atoms with E-state index >= 15 is 0 Å². The number of likely N-dealkylation sites (tertiary alicyclic amines) is 1. The number of imide groups is 1. The molecule has 0 aromatic heterocycles. The van der Waals surface area contributed by atoms with Crippen LogP contribution < -0.4 is 4.90 Å². The Labute approximate surface area is 148 Å². The van der Waals surface area contributed by atoms with E-state index in [1.54, 1.807) is 18.2 Å². The zero-order valence-corrected chi connectivity index (χ0v) is 14.3. The average molecular weight is 371 g/mol. The van der Waals surface area contributed by atoms with E-state index in [-0.39, 0.29) is 34.2 Å². The minimum absolute atomic E-state index is 0.0689. The summed E-state index contributed by atoms with van der Waals surface area (Å²) in [4.78, 5) is 39.1. The van der Waals surface area contributed by atoms with E-state index in [1.165, 1.54) is 0 Å². The number of carboxylic acid groups (broad SMARTS) is 1. The number of amides is 2. The average Bonchev–Trinajstić information content (AvgIpc) is 2.85. The standard InChI is InChI=1S/C16H16Cl2N2O4/c17-10-2-1-3-11(14(10)18)20-13(21)8-12(15(20)22)19-6-4-9(5-7-19)16(23)24/h1-3,9,12H,4-8H2,(H,23,24)/t12-/m1/s1. The van der Waals surface area contributed by atoms with E-state index in [4.69, 9.17) is 28.3 Å². The highest BCUT2D eigenvalue weighted by Gasteiger charge is 2.44. The summed E-state index contributed by atoms with van der Waals surface area (Å²) in [6, 6.07) is 4.24. The summed E-state index contributed by atoms with van der Waals surface area (Å²) in [5, 5.41) is 9.51. The van der Waals surface area contributed by atoms with Crippen LogP contribution in [0.4, 0.5) is 5.69 Å². The third-order valence-corrected chi connectivity index (χ3v) is 5.42. The molecule has 2 aliphatic heterocycles. The number of benzene rings is 1. The number of anilines is 1. The van der Waals surface area contributed by atoms with Gasteiger partial charge in [0.2, 0.25) is 5.91 Å². The number of aliphatic carboxylic acids is 1. The van der Waals surface area contributed by atoms with Crippen LogP contribution in [0.15, 0.2) is 18.2 Å². The number of nitrogens with zero attached hydrogens (tertiary/aromatic N) is 2. The zero-order valence-electron chi connectivity index (χ0n) is 12.7. The molecule has 2 heterocycles. The Kier molecular flexibility index (Phi) is 4.80. The Morgan fingerprint density at radius 2 is 1.83 bits per heavy atom. The Balaban J connectivity index is 1.78. The van der Waals surface area contributed by atoms with Gasteiger partial charge in [-0.3, -0.25) is 19.3 Å². The maximum absolute atomic E-state index is 12.7. The van der Waals surface area contributed by atoms with Crippen molar-refractivity contribution in [2.24, 2.45) is 5.92 Å². The van der Waals surface area contributed by atoms with Gasteiger partial charge in [0.25, 0.3) is 5.91 Å². The van der Waals surface area contributed by atoms with Crippen molar-refractivity contribution in [3.8, 4) is 0 Å². The Morgan fingerprint density at radius 1 is 1.17 bits per heavy atom. The number of hydrogen-bond donors (Lipinski definition) is 1. The van der Waals surface area contributed by atoms with Gasteiger partial charge in [0.05, 0.1) is 34.1 Å². The molecule has 2 saturated heterocycles. The number of carbonyl (C=O) groups excluding carboxylic acids is 2. The molecule has 2 amide bonds. The van der Waals surface area contributed by atoms with Crippen molar-refractivity contribution in [1.29, 1.82) is 0 Å². The first-order valence-electron chi connectivity index (χ1n) is 7.68. The summed E-state index contributed by atoms with van der Waals surface area (Å²) in [7, 11) is 0. The molecular weight excluding hydrogens is 355 g/mol. The Bertz CT molecular complexity index is 701. The van der Waals surface area contributed by atoms with Gasteiger partial charge in [-0.15, -0.1) is 0 Å². The van der Waals surface area contributed by atoms with Crippen LogP contribution in [0.3, 0.4) is 0 Å². The summed E-state index contributed by atoms with van der Waals surface area (Å²) in [6.07, 6.45) is 1.02. The van der Waals surface area contributed by atoms with E-state index in [9.17, 15) is 14.4 Å². The van der Waals surface area contributed by atoms with Crippen LogP contribution in [0, 0.1) is 5.92 Å². The van der Waals surface area contributed by atoms with Crippen LogP contribution in [-0.4, -0.2) is 46.9 Å². The fraction of sp³-hybridized carbons (Fsp3) is 0.438. The highest BCUT2D eigenvalue weighted by atomic mass is 35.5. The molecule has 0 saturated carbocycles. The van der Waals surface area contributed by atoms with Crippen LogP contribution in [0.5, 0.6) is 0 Å². The van der Waals surface area contributed by atoms with Crippen LogP contribution in [-0.2, 0) is 14.4 Å². The summed E-state index contributed by atoms with van der Waals surface area (Å²) in [6.45, 7) is 0.968. The number of rotatable bonds is 3. The summed E-state index contributed by atoms with van der Waals surface area (Å²) < 4.78 is 0. The lowest BCUT2D eigenvalue weighted by molar-refractivity contribution is -0.143. The summed E-state index contributed by atoms with van der Waals surface area (Å²) in [5.41, 5.74) is 0.294. The van der Waals surface area contributed by atoms with Gasteiger partial charge in [-0.05, 0) is 38.1 Å². The number of carbonyl (C=O) groups is 3. The fourth-order valence-electron chi connectivity index (χ4n) is 3.28. The van der Waals surface area contributed by atoms with E-state index in [0.717, 1.165) is 4.90 Å². The number of halogens is 2. The van der Waals surface area contributed by atoms with Crippen molar-refractivity contribution in [3.05, 3.63) is 28.2 Å². The lowest BCUT2D eigenvalue weighted by Gasteiger charge is -2.33. The highest BCUT2D eigenvalue weighted by molar-refractivity contribution is 6.44. The predicted molar refractivity (Wildman–Crippen MR) is 89.3 cm³/mol. The maximum Gasteiger partial charge on any atom is 0.306 e. The van der Waals surface area contributed by atoms with Crippen molar-refractivity contribution < 1.29 is 19.5 Å². The van der Waals surface area contributed by atoms with Gasteiger partial charge in [0, 0.05) is 0 Å². The fourth-order valence-corrected chi connectivity index (χ4v) is 3.66. The van der Waals surface area contributed by atoms with Crippen LogP contribution in [0.1, 0.15) is 19.3 Å². The quantitative estimate of drug-likeness (QED) is 0.826. The second-order valence-corrected chi connectivity index (χ2v) is 6.79. The van der Waals surface area contributed by atoms with E-state index in [2.05, 4.69) is 0 Å². The smallest absolute Gasteiger partial charge is 0.306 e. The van der Waals surface area contributed by atoms with E-state index in [1.807, 2.05) is 4.90 Å². The normalized spacial score (nSPS) is 23.1. The number of hydrogen-bond acceptors (Lipinski definition) is 4. The van der Waals surface area contributed by atoms with Gasteiger partial charge in [0.1, 0.15) is 0 Å². The lowest BCUT2D eigenvalue weighted by Crippen LogP contribution is -2.46. The maximum atomic E-state index is 12.7. The third-order valence-electron chi connectivity index (χ3n) is 4.61. The minimum Gasteiger partial charge on any atom is -0.481 e. The summed E-state index contributed by atoms with van der Waals surface area (Å²) >= 11 is 12.1. The molecule has 128 valence electrons. The molecular formula is C16H16Cl2N2O4. The predicted octanol–water partition coefficient (Wildman–Crippen LogP) is 2.42. The first-order valence-corrected chi connectivity index (χ1v) is 8.43. The largest absolute Gasteiger partial charge is 0.481 e. The van der Waals surface area contributed by atoms with Crippen molar-refractivity contribution in [3.63, 3.8) is 0 Å². The number of carboxylic acids is 1. The Morgan fingerprint density at radius 3 is 2.46 bits per heavy atom. The van der Waals surface area contributed by atoms with Crippen molar-refractivity contribution in [2.75, 3.05) is 18.0 Å². The molecule has 3 rings (SSSR count). The second kappa shape index (κ2) is 6.70. The second-order valence-electron chi connectivity index (χ2n) is 6.01. The minimum atomic E-state index is -0.809. The molecule has 6 nitrogen and oxygen atoms in total. The first-order chi connectivity index (χ1) is 11.4. The lowest BCUT2D eigenvalue weighted by atomic mass is 9.96. The van der Waals surface area contributed by atoms with Gasteiger partial charge in [-0.1, -0.05) is 29.3 Å². The SMILES string of the molecule is O=C(O)C1CCN([C@@H]2CC(=O)N(c3cccc(Cl)c3Cl)C2=O)CC1. The topological polar surface area (TPSA) is 77.9 Å². The number of piperidine rings is 1. The molecule has 1 atom stereocenters. The van der Waals surface area contributed by atoms with Crippen LogP contribution >= 0.6 is 23.2 Å². The Hall–Kier alpha value is -1.63. The van der Waals surface area contributed by atoms with Crippen LogP contribution in [0.2, 0.25) is 10.0 Å². The van der Waals surface area contributed by atoms with Crippen molar-refractivity contribution in [2.45, 2.75) is 25.3 Å². The monoisotopic (exact) mass is 370 g/mol. The molecule has 24 heavy (non-hydrogen) atoms. The molecule has 1 N–H and O–H groups in total. The van der Waals surface area contributed by atoms with Crippen molar-refractivity contribution >= 4 is 46.7 Å². The van der Waals surface area contributed by atoms with E-state index in [0.29, 0.717) is 31.6 Å². The molecule has 2 fully saturated rings. The van der Waals surface area contributed by atoms with Gasteiger partial charge >= 0.3 is 5.97 Å². The van der Waals surface area contributed by atoms with Gasteiger partial charge in [-0.2, -0.15) is 0 Å². The molecule has 0 unspecified atom stereocenters. The zero-order chi connectivity index (χ0) is 17.4. The van der Waals surface area contributed by atoms with Gasteiger partial charge in [-0.25, -0.2) is 4.90 Å². The molecule has 2 aliphatic rings. The molecule has 0 aliphatic carbocycles. The summed E-state index contributed by atoms with van der Waals surface area (Å²) in [5.74, 6) is -1.85. The third kappa shape index (κ3) is 3.01. The van der Waals surface area contributed by atoms with Crippen LogP contribution in [0.25, 0.3) is 0 Å². The van der Waals surface area contributed by atoms with Gasteiger partial charge < -0.3 is 5.11 Å². The van der Waals surface area contributed by atoms with E-state index < -0.39 is 12.0 Å². The first kappa shape index (κ1) is 17.2. The van der Waals surface area contributed by atoms with Gasteiger partial charge in [0.15, 0.2) is 0 Å². The molecule has 1 aromatic carbocycles. The molecule has 0 radical (unpaired) electrons. The molecule has 0 spiro atoms. The molecule has 0 bridgehead atoms. The van der Waals surface area contributed by atoms with Crippen molar-refractivity contribution in [1.82, 2.24) is 4.90 Å². The molecule has 1 aromatic rings. The molecule has 8 heteroatoms. The highest BCUT2D eigenvalue weighted by Crippen LogP contribution is 2.36.